The zero-order valence-corrected chi connectivity index (χ0v) is 5.75. The Bertz CT molecular complexity index is 25.6. The van der Waals surface area contributed by atoms with Crippen molar-refractivity contribution in [3.05, 3.63) is 0 Å². The summed E-state index contributed by atoms with van der Waals surface area (Å²) in [4.78, 5) is 0. The monoisotopic (exact) mass is 201 g/mol. The molecule has 0 aromatic heterocycles. The van der Waals surface area contributed by atoms with Crippen LogP contribution >= 0.6 is 22.4 Å². The molecule has 0 bridgehead atoms. The first-order valence-corrected chi connectivity index (χ1v) is 3.90. The van der Waals surface area contributed by atoms with Gasteiger partial charge in [-0.1, -0.05) is 22.4 Å². The fourth-order valence-electron chi connectivity index (χ4n) is 0. The minimum Gasteiger partial charge on any atom is -0.635 e. The van der Waals surface area contributed by atoms with E-state index in [1.165, 1.54) is 0 Å². The highest BCUT2D eigenvalue weighted by molar-refractivity contribution is 14.1. The summed E-state index contributed by atoms with van der Waals surface area (Å²) in [6.45, 7) is 0. The minimum absolute atomic E-state index is 0.711. The number of halogens is 1. The van der Waals surface area contributed by atoms with Crippen LogP contribution in [0.5, 0.6) is 0 Å². The molecule has 29 valence electrons. The van der Waals surface area contributed by atoms with Crippen LogP contribution in [0.3, 0.4) is 0 Å². The second-order valence-electron chi connectivity index (χ2n) is 0.588. The molecule has 4 heteroatoms. The molecule has 0 aromatic rings. The Morgan fingerprint density at radius 3 is 2.20 bits per heavy atom. The largest absolute Gasteiger partial charge is 0.635 e. The van der Waals surface area contributed by atoms with Crippen molar-refractivity contribution >= 4 is 37.8 Å². The number of hydrogen-bond donors (Lipinski definition) is 0. The summed E-state index contributed by atoms with van der Waals surface area (Å²) in [7, 11) is 0. The summed E-state index contributed by atoms with van der Waals surface area (Å²) in [5.41, 5.74) is 0. The van der Waals surface area contributed by atoms with Crippen molar-refractivity contribution in [3.8, 4) is 0 Å². The zero-order chi connectivity index (χ0) is 4.28. The van der Waals surface area contributed by atoms with Crippen LogP contribution in [0.25, 0.3) is 0 Å². The van der Waals surface area contributed by atoms with Gasteiger partial charge in [-0.3, -0.25) is 0 Å². The Morgan fingerprint density at radius 2 is 2.20 bits per heavy atom. The highest BCUT2D eigenvalue weighted by Crippen LogP contribution is 1.83. The van der Waals surface area contributed by atoms with E-state index in [0.29, 0.717) is 0 Å². The van der Waals surface area contributed by atoms with Gasteiger partial charge >= 0.3 is 4.41 Å². The van der Waals surface area contributed by atoms with Crippen molar-refractivity contribution in [2.45, 2.75) is 0 Å². The molecule has 0 fully saturated rings. The van der Waals surface area contributed by atoms with Crippen LogP contribution in [0.15, 0.2) is 0 Å². The Labute approximate surface area is 48.7 Å². The van der Waals surface area contributed by atoms with Crippen LogP contribution in [0, 0.1) is 0 Å². The van der Waals surface area contributed by atoms with Crippen molar-refractivity contribution in [2.75, 3.05) is 6.26 Å². The number of rotatable bonds is 1. The summed E-state index contributed by atoms with van der Waals surface area (Å²) in [6.07, 6.45) is 1.63. The van der Waals surface area contributed by atoms with Gasteiger partial charge in [0.05, 0.1) is 6.26 Å². The van der Waals surface area contributed by atoms with Crippen LogP contribution in [-0.4, -0.2) is 15.2 Å². The molecule has 0 spiro atoms. The lowest BCUT2D eigenvalue weighted by Crippen LogP contribution is -1.98. The van der Waals surface area contributed by atoms with Crippen molar-refractivity contribution in [2.24, 2.45) is 0 Å². The summed E-state index contributed by atoms with van der Waals surface area (Å²) in [5.74, 6) is 0. The Kier molecular flexibility index (Phi) is 4.03. The summed E-state index contributed by atoms with van der Waals surface area (Å²) in [5, 5.41) is 0. The van der Waals surface area contributed by atoms with Crippen LogP contribution in [0.4, 0.5) is 0 Å². The fraction of sp³-hybridized carbons (Fsp3) is 1.00. The van der Waals surface area contributed by atoms with Crippen LogP contribution in [0.1, 0.15) is 0 Å². The van der Waals surface area contributed by atoms with E-state index in [-0.39, 0.29) is 0 Å². The van der Waals surface area contributed by atoms with Gasteiger partial charge in [0.1, 0.15) is 0 Å². The van der Waals surface area contributed by atoms with E-state index in [9.17, 15) is 4.55 Å². The summed E-state index contributed by atoms with van der Waals surface area (Å²) < 4.78 is 11.5. The lowest BCUT2D eigenvalue weighted by atomic mass is 10.8. The van der Waals surface area contributed by atoms with Crippen LogP contribution < -0.4 is 0 Å². The molecule has 1 radical (unpaired) electrons. The number of hydrogen-bond acceptors (Lipinski definition) is 1. The standard InChI is InChI=1S/CH3BIOS/c1-5(4)2-3/h1H3. The lowest BCUT2D eigenvalue weighted by Gasteiger charge is -1.92. The van der Waals surface area contributed by atoms with E-state index >= 15 is 0 Å². The van der Waals surface area contributed by atoms with Gasteiger partial charge in [-0.2, -0.15) is 0 Å². The maximum absolute atomic E-state index is 9.86. The van der Waals surface area contributed by atoms with E-state index in [1.54, 1.807) is 10.7 Å². The molecular weight excluding hydrogens is 198 g/mol. The molecule has 0 amide bonds. The normalized spacial score (nSPS) is 14.2. The highest BCUT2D eigenvalue weighted by Gasteiger charge is 1.92. The first kappa shape index (κ1) is 6.10. The molecule has 0 aliphatic carbocycles. The smallest absolute Gasteiger partial charge is 0.521 e. The Hall–Kier alpha value is 1.10. The molecular formula is CH3BIOS. The predicted octanol–water partition coefficient (Wildman–Crippen LogP) is 0.334. The van der Waals surface area contributed by atoms with Gasteiger partial charge in [-0.05, 0) is 0 Å². The summed E-state index contributed by atoms with van der Waals surface area (Å²) >= 11 is 1.24. The van der Waals surface area contributed by atoms with Gasteiger partial charge in [0.15, 0.2) is 0 Å². The van der Waals surface area contributed by atoms with E-state index in [4.69, 9.17) is 0 Å². The molecule has 0 aromatic carbocycles. The van der Waals surface area contributed by atoms with Gasteiger partial charge in [0.2, 0.25) is 0 Å². The predicted molar refractivity (Wildman–Crippen MR) is 33.8 cm³/mol. The second kappa shape index (κ2) is 3.30. The van der Waals surface area contributed by atoms with E-state index < -0.39 is 11.0 Å². The van der Waals surface area contributed by atoms with Gasteiger partial charge in [0, 0.05) is 0 Å². The Morgan fingerprint density at radius 1 is 2.00 bits per heavy atom. The molecule has 0 saturated carbocycles. The van der Waals surface area contributed by atoms with Gasteiger partial charge in [-0.15, -0.1) is 11.0 Å². The second-order valence-corrected chi connectivity index (χ2v) is 3.29. The van der Waals surface area contributed by atoms with Gasteiger partial charge < -0.3 is 4.55 Å². The maximum Gasteiger partial charge on any atom is 0.521 e. The Balaban J connectivity index is 2.54. The molecule has 0 heterocycles. The fourth-order valence-corrected chi connectivity index (χ4v) is 0. The molecule has 0 aliphatic rings. The SMILES string of the molecule is C[S+]([O-])[B]I. The third-order valence-electron chi connectivity index (χ3n) is 0.125. The van der Waals surface area contributed by atoms with E-state index in [0.717, 1.165) is 0 Å². The lowest BCUT2D eigenvalue weighted by molar-refractivity contribution is 0.613. The quantitative estimate of drug-likeness (QED) is 0.340. The first-order valence-electron chi connectivity index (χ1n) is 1.03. The molecule has 0 saturated heterocycles. The van der Waals surface area contributed by atoms with E-state index in [2.05, 4.69) is 0 Å². The molecule has 1 unspecified atom stereocenters. The van der Waals surface area contributed by atoms with Crippen molar-refractivity contribution < 1.29 is 4.55 Å². The topological polar surface area (TPSA) is 23.1 Å². The first-order chi connectivity index (χ1) is 2.27. The molecule has 5 heavy (non-hydrogen) atoms. The maximum atomic E-state index is 9.86. The van der Waals surface area contributed by atoms with E-state index in [1.807, 2.05) is 22.4 Å². The average Bonchev–Trinajstić information content (AvgIpc) is 1.38. The average molecular weight is 201 g/mol. The van der Waals surface area contributed by atoms with Crippen molar-refractivity contribution in [1.82, 2.24) is 0 Å². The zero-order valence-electron chi connectivity index (χ0n) is 2.77. The third-order valence-corrected chi connectivity index (χ3v) is 2.52. The summed E-state index contributed by atoms with van der Waals surface area (Å²) in [6, 6.07) is 0. The highest BCUT2D eigenvalue weighted by atomic mass is 127. The van der Waals surface area contributed by atoms with Crippen molar-refractivity contribution in [1.29, 1.82) is 0 Å². The van der Waals surface area contributed by atoms with Crippen LogP contribution in [-0.2, 0) is 11.0 Å². The molecule has 1 nitrogen and oxygen atoms in total. The van der Waals surface area contributed by atoms with Crippen LogP contribution in [0.2, 0.25) is 0 Å². The minimum atomic E-state index is -0.711. The van der Waals surface area contributed by atoms with Gasteiger partial charge in [-0.25, -0.2) is 0 Å². The van der Waals surface area contributed by atoms with Crippen molar-refractivity contribution in [3.63, 3.8) is 0 Å². The molecule has 0 rings (SSSR count). The molecule has 0 N–H and O–H groups in total. The molecule has 1 atom stereocenters. The van der Waals surface area contributed by atoms with Gasteiger partial charge in [0.25, 0.3) is 0 Å². The molecule has 0 aliphatic heterocycles. The third kappa shape index (κ3) is 5.10.